The summed E-state index contributed by atoms with van der Waals surface area (Å²) in [5.74, 6) is 2.08. The van der Waals surface area contributed by atoms with Crippen molar-refractivity contribution in [2.24, 2.45) is 10.4 Å². The average Bonchev–Trinajstić information content (AvgIpc) is 2.40. The molecule has 0 aliphatic heterocycles. The molecule has 19 heavy (non-hydrogen) atoms. The van der Waals surface area contributed by atoms with Gasteiger partial charge in [-0.2, -0.15) is 11.8 Å². The highest BCUT2D eigenvalue weighted by atomic mass is 32.2. The minimum atomic E-state index is -0.0393. The summed E-state index contributed by atoms with van der Waals surface area (Å²) in [5, 5.41) is 6.88. The second kappa shape index (κ2) is 6.84. The second-order valence-corrected chi connectivity index (χ2v) is 6.89. The fourth-order valence-electron chi connectivity index (χ4n) is 2.51. The van der Waals surface area contributed by atoms with Gasteiger partial charge in [0, 0.05) is 32.2 Å². The lowest BCUT2D eigenvalue weighted by Gasteiger charge is -2.59. The lowest BCUT2D eigenvalue weighted by Crippen LogP contribution is -2.69. The van der Waals surface area contributed by atoms with Crippen LogP contribution in [-0.4, -0.2) is 50.3 Å². The van der Waals surface area contributed by atoms with E-state index in [0.717, 1.165) is 25.3 Å². The molecule has 1 rings (SSSR count). The van der Waals surface area contributed by atoms with E-state index in [1.165, 1.54) is 5.75 Å². The molecule has 2 unspecified atom stereocenters. The SMILES string of the molecule is CN=C(NCCCSC)NC1CC(C)(OC)C1(C)C. The Morgan fingerprint density at radius 3 is 2.58 bits per heavy atom. The number of ether oxygens (including phenoxy) is 1. The van der Waals surface area contributed by atoms with Crippen LogP contribution in [0.25, 0.3) is 0 Å². The molecule has 112 valence electrons. The molecule has 2 N–H and O–H groups in total. The van der Waals surface area contributed by atoms with Crippen LogP contribution in [0.2, 0.25) is 0 Å². The third kappa shape index (κ3) is 3.57. The zero-order valence-electron chi connectivity index (χ0n) is 13.2. The van der Waals surface area contributed by atoms with Gasteiger partial charge < -0.3 is 15.4 Å². The summed E-state index contributed by atoms with van der Waals surface area (Å²) >= 11 is 1.88. The first-order valence-corrected chi connectivity index (χ1v) is 8.32. The van der Waals surface area contributed by atoms with E-state index in [1.807, 2.05) is 18.8 Å². The van der Waals surface area contributed by atoms with Crippen LogP contribution in [0.5, 0.6) is 0 Å². The average molecular weight is 287 g/mol. The van der Waals surface area contributed by atoms with Crippen molar-refractivity contribution >= 4 is 17.7 Å². The number of hydrogen-bond acceptors (Lipinski definition) is 3. The van der Waals surface area contributed by atoms with Gasteiger partial charge in [-0.15, -0.1) is 0 Å². The number of thioether (sulfide) groups is 1. The standard InChI is InChI=1S/C14H29N3OS/c1-13(2)11(10-14(13,3)18-5)17-12(15-4)16-8-7-9-19-6/h11H,7-10H2,1-6H3,(H2,15,16,17). The van der Waals surface area contributed by atoms with E-state index in [1.54, 1.807) is 7.11 Å². The largest absolute Gasteiger partial charge is 0.378 e. The van der Waals surface area contributed by atoms with Gasteiger partial charge in [-0.3, -0.25) is 4.99 Å². The van der Waals surface area contributed by atoms with Crippen LogP contribution in [-0.2, 0) is 4.74 Å². The molecule has 0 heterocycles. The number of aliphatic imine (C=N–C) groups is 1. The van der Waals surface area contributed by atoms with E-state index >= 15 is 0 Å². The van der Waals surface area contributed by atoms with Crippen LogP contribution in [0.1, 0.15) is 33.6 Å². The van der Waals surface area contributed by atoms with Crippen LogP contribution < -0.4 is 10.6 Å². The second-order valence-electron chi connectivity index (χ2n) is 5.90. The number of nitrogens with one attached hydrogen (secondary N) is 2. The van der Waals surface area contributed by atoms with Crippen LogP contribution in [0.4, 0.5) is 0 Å². The highest BCUT2D eigenvalue weighted by molar-refractivity contribution is 7.98. The zero-order chi connectivity index (χ0) is 14.5. The predicted octanol–water partition coefficient (Wildman–Crippen LogP) is 2.11. The summed E-state index contributed by atoms with van der Waals surface area (Å²) in [7, 11) is 3.62. The Balaban J connectivity index is 2.42. The van der Waals surface area contributed by atoms with Gasteiger partial charge in [0.2, 0.25) is 0 Å². The molecule has 0 aromatic carbocycles. The lowest BCUT2D eigenvalue weighted by molar-refractivity contribution is -0.176. The summed E-state index contributed by atoms with van der Waals surface area (Å²) in [4.78, 5) is 4.29. The van der Waals surface area contributed by atoms with Crippen molar-refractivity contribution in [2.75, 3.05) is 32.7 Å². The first-order valence-electron chi connectivity index (χ1n) is 6.92. The maximum Gasteiger partial charge on any atom is 0.191 e. The molecule has 1 aliphatic rings. The topological polar surface area (TPSA) is 45.7 Å². The molecule has 4 nitrogen and oxygen atoms in total. The highest BCUT2D eigenvalue weighted by Crippen LogP contribution is 2.51. The molecule has 0 aromatic rings. The van der Waals surface area contributed by atoms with Gasteiger partial charge in [0.1, 0.15) is 0 Å². The van der Waals surface area contributed by atoms with Crippen LogP contribution in [0.15, 0.2) is 4.99 Å². The molecule has 1 fully saturated rings. The molecule has 0 spiro atoms. The van der Waals surface area contributed by atoms with Gasteiger partial charge in [0.05, 0.1) is 5.60 Å². The van der Waals surface area contributed by atoms with Crippen molar-refractivity contribution in [3.63, 3.8) is 0 Å². The molecule has 0 bridgehead atoms. The minimum Gasteiger partial charge on any atom is -0.378 e. The van der Waals surface area contributed by atoms with Gasteiger partial charge in [-0.1, -0.05) is 13.8 Å². The third-order valence-corrected chi connectivity index (χ3v) is 5.33. The minimum absolute atomic E-state index is 0.0393. The molecular formula is C14H29N3OS. The van der Waals surface area contributed by atoms with Crippen molar-refractivity contribution in [1.82, 2.24) is 10.6 Å². The summed E-state index contributed by atoms with van der Waals surface area (Å²) in [6.45, 7) is 7.65. The van der Waals surface area contributed by atoms with E-state index in [2.05, 4.69) is 42.7 Å². The fourth-order valence-corrected chi connectivity index (χ4v) is 2.94. The van der Waals surface area contributed by atoms with Gasteiger partial charge in [0.25, 0.3) is 0 Å². The Labute approximate surface area is 122 Å². The molecule has 0 aromatic heterocycles. The van der Waals surface area contributed by atoms with Gasteiger partial charge in [-0.05, 0) is 31.8 Å². The third-order valence-electron chi connectivity index (χ3n) is 4.63. The molecule has 1 saturated carbocycles. The Morgan fingerprint density at radius 2 is 2.11 bits per heavy atom. The van der Waals surface area contributed by atoms with Gasteiger partial charge in [0.15, 0.2) is 5.96 Å². The number of methoxy groups -OCH3 is 1. The number of guanidine groups is 1. The Morgan fingerprint density at radius 1 is 1.42 bits per heavy atom. The maximum absolute atomic E-state index is 5.64. The summed E-state index contributed by atoms with van der Waals surface area (Å²) in [6, 6.07) is 0.407. The zero-order valence-corrected chi connectivity index (χ0v) is 14.0. The van der Waals surface area contributed by atoms with Crippen molar-refractivity contribution in [3.05, 3.63) is 0 Å². The normalized spacial score (nSPS) is 29.8. The molecule has 0 amide bonds. The number of rotatable bonds is 6. The number of nitrogens with zero attached hydrogens (tertiary/aromatic N) is 1. The summed E-state index contributed by atoms with van der Waals surface area (Å²) in [5.41, 5.74) is 0.0704. The van der Waals surface area contributed by atoms with E-state index in [-0.39, 0.29) is 11.0 Å². The first-order chi connectivity index (χ1) is 8.91. The molecule has 0 saturated heterocycles. The van der Waals surface area contributed by atoms with E-state index < -0.39 is 0 Å². The van der Waals surface area contributed by atoms with Crippen molar-refractivity contribution in [3.8, 4) is 0 Å². The maximum atomic E-state index is 5.64. The smallest absolute Gasteiger partial charge is 0.191 e. The van der Waals surface area contributed by atoms with Crippen LogP contribution >= 0.6 is 11.8 Å². The lowest BCUT2D eigenvalue weighted by atomic mass is 9.56. The van der Waals surface area contributed by atoms with E-state index in [4.69, 9.17) is 4.74 Å². The van der Waals surface area contributed by atoms with Crippen molar-refractivity contribution < 1.29 is 4.74 Å². The Bertz CT molecular complexity index is 320. The quantitative estimate of drug-likeness (QED) is 0.446. The Kier molecular flexibility index (Phi) is 5.99. The fraction of sp³-hybridized carbons (Fsp3) is 0.929. The summed E-state index contributed by atoms with van der Waals surface area (Å²) < 4.78 is 5.64. The molecule has 0 radical (unpaired) electrons. The molecule has 2 atom stereocenters. The molecule has 5 heteroatoms. The monoisotopic (exact) mass is 287 g/mol. The van der Waals surface area contributed by atoms with Crippen LogP contribution in [0.3, 0.4) is 0 Å². The first kappa shape index (κ1) is 16.6. The van der Waals surface area contributed by atoms with Gasteiger partial charge in [-0.25, -0.2) is 0 Å². The highest BCUT2D eigenvalue weighted by Gasteiger charge is 2.57. The molecule has 1 aliphatic carbocycles. The van der Waals surface area contributed by atoms with Crippen molar-refractivity contribution in [2.45, 2.75) is 45.3 Å². The van der Waals surface area contributed by atoms with Crippen LogP contribution in [0, 0.1) is 5.41 Å². The van der Waals surface area contributed by atoms with E-state index in [9.17, 15) is 0 Å². The predicted molar refractivity (Wildman–Crippen MR) is 85.1 cm³/mol. The van der Waals surface area contributed by atoms with Gasteiger partial charge >= 0.3 is 0 Å². The van der Waals surface area contributed by atoms with Crippen molar-refractivity contribution in [1.29, 1.82) is 0 Å². The Hall–Kier alpha value is -0.420. The molecular weight excluding hydrogens is 258 g/mol. The van der Waals surface area contributed by atoms with E-state index in [0.29, 0.717) is 6.04 Å². The summed E-state index contributed by atoms with van der Waals surface area (Å²) in [6.07, 6.45) is 4.31. The number of hydrogen-bond donors (Lipinski definition) is 2.